The molecular formula is C24H30N6O2S2. The minimum absolute atomic E-state index is 0.142. The van der Waals surface area contributed by atoms with Crippen LogP contribution in [0.15, 0.2) is 53.3 Å². The minimum atomic E-state index is -0.164. The summed E-state index contributed by atoms with van der Waals surface area (Å²) < 4.78 is 1.76. The number of amides is 2. The van der Waals surface area contributed by atoms with Crippen molar-refractivity contribution in [1.29, 1.82) is 0 Å². The van der Waals surface area contributed by atoms with Gasteiger partial charge in [-0.25, -0.2) is 0 Å². The van der Waals surface area contributed by atoms with Gasteiger partial charge in [0, 0.05) is 29.7 Å². The molecule has 1 saturated heterocycles. The normalized spacial score (nSPS) is 15.7. The Morgan fingerprint density at radius 2 is 2.06 bits per heavy atom. The summed E-state index contributed by atoms with van der Waals surface area (Å²) in [6.07, 6.45) is 3.97. The molecule has 34 heavy (non-hydrogen) atoms. The lowest BCUT2D eigenvalue weighted by Gasteiger charge is -2.36. The lowest BCUT2D eigenvalue weighted by atomic mass is 9.97. The van der Waals surface area contributed by atoms with Crippen LogP contribution >= 0.6 is 23.1 Å². The number of piperidine rings is 1. The van der Waals surface area contributed by atoms with Crippen molar-refractivity contribution in [1.82, 2.24) is 25.0 Å². The molecule has 2 aromatic heterocycles. The maximum atomic E-state index is 12.9. The Morgan fingerprint density at radius 1 is 1.24 bits per heavy atom. The molecule has 1 fully saturated rings. The molecule has 1 atom stereocenters. The zero-order valence-electron chi connectivity index (χ0n) is 19.4. The van der Waals surface area contributed by atoms with Crippen molar-refractivity contribution in [2.45, 2.75) is 31.0 Å². The Bertz CT molecular complexity index is 1090. The maximum Gasteiger partial charge on any atom is 0.251 e. The number of aryl methyl sites for hydroxylation is 1. The number of rotatable bonds is 9. The number of nitrogens with zero attached hydrogens (tertiary/aromatic N) is 4. The molecular weight excluding hydrogens is 468 g/mol. The van der Waals surface area contributed by atoms with Crippen molar-refractivity contribution in [2.75, 3.05) is 30.7 Å². The second-order valence-electron chi connectivity index (χ2n) is 8.60. The first-order valence-corrected chi connectivity index (χ1v) is 13.3. The molecule has 3 heterocycles. The van der Waals surface area contributed by atoms with Crippen molar-refractivity contribution in [2.24, 2.45) is 13.0 Å². The number of benzene rings is 1. The molecule has 2 N–H and O–H groups in total. The van der Waals surface area contributed by atoms with Gasteiger partial charge < -0.3 is 15.2 Å². The predicted molar refractivity (Wildman–Crippen MR) is 136 cm³/mol. The molecule has 0 radical (unpaired) electrons. The van der Waals surface area contributed by atoms with Crippen molar-refractivity contribution >= 4 is 40.6 Å². The van der Waals surface area contributed by atoms with Gasteiger partial charge in [0.15, 0.2) is 5.16 Å². The number of hydrogen-bond donors (Lipinski definition) is 2. The number of carbonyl (C=O) groups excluding carboxylic acids is 2. The Balaban J connectivity index is 1.33. The number of aromatic nitrogens is 3. The molecule has 2 amide bonds. The third kappa shape index (κ3) is 6.46. The number of nitrogens with one attached hydrogen (secondary N) is 2. The monoisotopic (exact) mass is 498 g/mol. The van der Waals surface area contributed by atoms with Gasteiger partial charge in [0.25, 0.3) is 5.91 Å². The van der Waals surface area contributed by atoms with Gasteiger partial charge in [-0.1, -0.05) is 30.8 Å². The summed E-state index contributed by atoms with van der Waals surface area (Å²) in [6.45, 7) is 4.96. The number of thiophene rings is 1. The van der Waals surface area contributed by atoms with Crippen LogP contribution in [0.4, 0.5) is 5.69 Å². The minimum Gasteiger partial charge on any atom is -0.350 e. The molecule has 3 aromatic rings. The number of thioether (sulfide) groups is 1. The van der Waals surface area contributed by atoms with Crippen molar-refractivity contribution in [3.05, 3.63) is 58.5 Å². The highest BCUT2D eigenvalue weighted by Gasteiger charge is 2.26. The van der Waals surface area contributed by atoms with Crippen molar-refractivity contribution in [3.8, 4) is 0 Å². The van der Waals surface area contributed by atoms with Gasteiger partial charge in [0.1, 0.15) is 6.33 Å². The molecule has 1 unspecified atom stereocenters. The number of anilines is 1. The fraction of sp³-hybridized carbons (Fsp3) is 0.417. The lowest BCUT2D eigenvalue weighted by Crippen LogP contribution is -2.41. The van der Waals surface area contributed by atoms with Gasteiger partial charge >= 0.3 is 0 Å². The lowest BCUT2D eigenvalue weighted by molar-refractivity contribution is -0.113. The highest BCUT2D eigenvalue weighted by atomic mass is 32.2. The molecule has 0 bridgehead atoms. The quantitative estimate of drug-likeness (QED) is 0.436. The van der Waals surface area contributed by atoms with Gasteiger partial charge in [0.05, 0.1) is 11.8 Å². The third-order valence-electron chi connectivity index (χ3n) is 6.00. The number of carbonyl (C=O) groups is 2. The largest absolute Gasteiger partial charge is 0.350 e. The van der Waals surface area contributed by atoms with Gasteiger partial charge in [-0.15, -0.1) is 21.5 Å². The zero-order valence-corrected chi connectivity index (χ0v) is 21.1. The van der Waals surface area contributed by atoms with Crippen LogP contribution in [-0.2, 0) is 11.8 Å². The second kappa shape index (κ2) is 11.6. The summed E-state index contributed by atoms with van der Waals surface area (Å²) >= 11 is 3.04. The maximum absolute atomic E-state index is 12.9. The van der Waals surface area contributed by atoms with E-state index in [1.54, 1.807) is 46.5 Å². The molecule has 8 nitrogen and oxygen atoms in total. The van der Waals surface area contributed by atoms with E-state index in [0.717, 1.165) is 19.0 Å². The summed E-state index contributed by atoms with van der Waals surface area (Å²) in [5.74, 6) is 0.658. The average molecular weight is 499 g/mol. The Kier molecular flexibility index (Phi) is 8.36. The molecule has 1 aromatic carbocycles. The van der Waals surface area contributed by atoms with Crippen LogP contribution in [-0.4, -0.2) is 56.9 Å². The Hall–Kier alpha value is -2.69. The molecule has 0 saturated carbocycles. The van der Waals surface area contributed by atoms with Gasteiger partial charge in [0.2, 0.25) is 5.91 Å². The fourth-order valence-corrected chi connectivity index (χ4v) is 5.54. The molecule has 0 aliphatic carbocycles. The smallest absolute Gasteiger partial charge is 0.251 e. The SMILES string of the molecule is CC1CCN(C(CNC(=O)c2cccc(NC(=O)CSc3nncn3C)c2)c2cccs2)CC1. The van der Waals surface area contributed by atoms with E-state index in [0.29, 0.717) is 23.0 Å². The van der Waals surface area contributed by atoms with E-state index in [1.165, 1.54) is 29.5 Å². The summed E-state index contributed by atoms with van der Waals surface area (Å²) in [6, 6.07) is 11.4. The molecule has 1 aliphatic rings. The first kappa shape index (κ1) is 24.4. The van der Waals surface area contributed by atoms with E-state index in [2.05, 4.69) is 50.2 Å². The highest BCUT2D eigenvalue weighted by molar-refractivity contribution is 7.99. The number of hydrogen-bond acceptors (Lipinski definition) is 7. The van der Waals surface area contributed by atoms with E-state index >= 15 is 0 Å². The van der Waals surface area contributed by atoms with Crippen molar-refractivity contribution < 1.29 is 9.59 Å². The topological polar surface area (TPSA) is 92.2 Å². The van der Waals surface area contributed by atoms with Crippen molar-refractivity contribution in [3.63, 3.8) is 0 Å². The van der Waals surface area contributed by atoms with Gasteiger partial charge in [-0.2, -0.15) is 0 Å². The molecule has 0 spiro atoms. The van der Waals surface area contributed by atoms with Crippen LogP contribution in [0.3, 0.4) is 0 Å². The third-order valence-corrected chi connectivity index (χ3v) is 8.01. The van der Waals surface area contributed by atoms with E-state index < -0.39 is 0 Å². The molecule has 1 aliphatic heterocycles. The van der Waals surface area contributed by atoms with Gasteiger partial charge in [-0.05, 0) is 61.5 Å². The molecule has 4 rings (SSSR count). The first-order valence-electron chi connectivity index (χ1n) is 11.4. The summed E-state index contributed by atoms with van der Waals surface area (Å²) in [5, 5.41) is 16.5. The van der Waals surface area contributed by atoms with Crippen LogP contribution in [0, 0.1) is 5.92 Å². The van der Waals surface area contributed by atoms with Crippen LogP contribution < -0.4 is 10.6 Å². The van der Waals surface area contributed by atoms with Crippen LogP contribution in [0.5, 0.6) is 0 Å². The van der Waals surface area contributed by atoms with Crippen LogP contribution in [0.25, 0.3) is 0 Å². The second-order valence-corrected chi connectivity index (χ2v) is 10.5. The molecule has 10 heteroatoms. The van der Waals surface area contributed by atoms with E-state index in [1.807, 2.05) is 7.05 Å². The summed E-state index contributed by atoms with van der Waals surface area (Å²) in [7, 11) is 1.83. The van der Waals surface area contributed by atoms with E-state index in [9.17, 15) is 9.59 Å². The number of likely N-dealkylation sites (tertiary alicyclic amines) is 1. The van der Waals surface area contributed by atoms with E-state index in [4.69, 9.17) is 0 Å². The highest BCUT2D eigenvalue weighted by Crippen LogP contribution is 2.29. The van der Waals surface area contributed by atoms with Crippen LogP contribution in [0.2, 0.25) is 0 Å². The van der Waals surface area contributed by atoms with E-state index in [-0.39, 0.29) is 23.6 Å². The standard InChI is InChI=1S/C24H30N6O2S2/c1-17-8-10-30(11-9-17)20(21-7-4-12-33-21)14-25-23(32)18-5-3-6-19(13-18)27-22(31)15-34-24-28-26-16-29(24)2/h3-7,12-13,16-17,20H,8-11,14-15H2,1-2H3,(H,25,32)(H,27,31). The fourth-order valence-electron chi connectivity index (χ4n) is 3.99. The van der Waals surface area contributed by atoms with Gasteiger partial charge in [-0.3, -0.25) is 14.5 Å². The van der Waals surface area contributed by atoms with Crippen LogP contribution in [0.1, 0.15) is 41.0 Å². The molecule has 180 valence electrons. The average Bonchev–Trinajstić information content (AvgIpc) is 3.51. The Morgan fingerprint density at radius 3 is 2.76 bits per heavy atom. The summed E-state index contributed by atoms with van der Waals surface area (Å²) in [4.78, 5) is 29.1. The predicted octanol–water partition coefficient (Wildman–Crippen LogP) is 3.81. The Labute approximate surface area is 208 Å². The first-order chi connectivity index (χ1) is 16.5. The zero-order chi connectivity index (χ0) is 23.9. The summed E-state index contributed by atoms with van der Waals surface area (Å²) in [5.41, 5.74) is 1.12.